The van der Waals surface area contributed by atoms with Gasteiger partial charge in [-0.2, -0.15) is 0 Å². The minimum absolute atomic E-state index is 0.0181. The van der Waals surface area contributed by atoms with E-state index in [4.69, 9.17) is 9.15 Å². The van der Waals surface area contributed by atoms with Crippen LogP contribution in [0.1, 0.15) is 23.2 Å². The zero-order valence-corrected chi connectivity index (χ0v) is 15.2. The Morgan fingerprint density at radius 2 is 1.92 bits per heavy atom. The molecule has 0 aliphatic carbocycles. The predicted octanol–water partition coefficient (Wildman–Crippen LogP) is 2.84. The van der Waals surface area contributed by atoms with Gasteiger partial charge in [0.1, 0.15) is 12.0 Å². The van der Waals surface area contributed by atoms with E-state index in [0.29, 0.717) is 24.4 Å². The molecule has 1 aliphatic heterocycles. The Labute approximate surface area is 154 Å². The van der Waals surface area contributed by atoms with E-state index in [0.717, 1.165) is 17.3 Å². The van der Waals surface area contributed by atoms with Crippen molar-refractivity contribution >= 4 is 27.7 Å². The SMILES string of the molecule is O=C(COc1ccc(Br)cc1)NC1CCN(C(=O)c2ccoc2)CC1. The molecule has 2 amide bonds. The lowest BCUT2D eigenvalue weighted by Crippen LogP contribution is -2.47. The number of ether oxygens (including phenoxy) is 1. The molecule has 7 heteroatoms. The standard InChI is InChI=1S/C18H19BrN2O4/c19-14-1-3-16(4-2-14)25-12-17(22)20-15-5-8-21(9-6-15)18(23)13-7-10-24-11-13/h1-4,7,10-11,15H,5-6,8-9,12H2,(H,20,22). The number of carbonyl (C=O) groups excluding carboxylic acids is 2. The summed E-state index contributed by atoms with van der Waals surface area (Å²) >= 11 is 3.35. The fourth-order valence-electron chi connectivity index (χ4n) is 2.74. The normalized spacial score (nSPS) is 15.0. The van der Waals surface area contributed by atoms with Crippen molar-refractivity contribution in [3.05, 3.63) is 52.9 Å². The van der Waals surface area contributed by atoms with E-state index in [1.165, 1.54) is 12.5 Å². The highest BCUT2D eigenvalue weighted by atomic mass is 79.9. The van der Waals surface area contributed by atoms with Crippen molar-refractivity contribution in [3.8, 4) is 5.75 Å². The average Bonchev–Trinajstić information content (AvgIpc) is 3.16. The lowest BCUT2D eigenvalue weighted by molar-refractivity contribution is -0.124. The van der Waals surface area contributed by atoms with Gasteiger partial charge in [-0.15, -0.1) is 0 Å². The molecule has 0 saturated carbocycles. The molecule has 1 aliphatic rings. The maximum Gasteiger partial charge on any atom is 0.258 e. The molecule has 0 bridgehead atoms. The first-order valence-corrected chi connectivity index (χ1v) is 8.90. The number of halogens is 1. The maximum atomic E-state index is 12.2. The number of nitrogens with zero attached hydrogens (tertiary/aromatic N) is 1. The van der Waals surface area contributed by atoms with Crippen LogP contribution >= 0.6 is 15.9 Å². The molecule has 1 fully saturated rings. The van der Waals surface area contributed by atoms with Crippen LogP contribution in [0.5, 0.6) is 5.75 Å². The summed E-state index contributed by atoms with van der Waals surface area (Å²) in [5, 5.41) is 2.97. The van der Waals surface area contributed by atoms with Crippen LogP contribution in [0.3, 0.4) is 0 Å². The van der Waals surface area contributed by atoms with E-state index >= 15 is 0 Å². The van der Waals surface area contributed by atoms with Crippen molar-refractivity contribution in [1.29, 1.82) is 0 Å². The first-order chi connectivity index (χ1) is 12.1. The number of likely N-dealkylation sites (tertiary alicyclic amines) is 1. The highest BCUT2D eigenvalue weighted by Gasteiger charge is 2.25. The molecule has 1 aromatic heterocycles. The molecule has 1 N–H and O–H groups in total. The fraction of sp³-hybridized carbons (Fsp3) is 0.333. The Balaban J connectivity index is 1.40. The minimum Gasteiger partial charge on any atom is -0.484 e. The number of piperidine rings is 1. The van der Waals surface area contributed by atoms with Gasteiger partial charge in [-0.3, -0.25) is 9.59 Å². The van der Waals surface area contributed by atoms with Crippen LogP contribution in [-0.4, -0.2) is 42.5 Å². The summed E-state index contributed by atoms with van der Waals surface area (Å²) in [6, 6.07) is 9.05. The van der Waals surface area contributed by atoms with Crippen LogP contribution in [0.2, 0.25) is 0 Å². The molecule has 25 heavy (non-hydrogen) atoms. The van der Waals surface area contributed by atoms with Gasteiger partial charge >= 0.3 is 0 Å². The molecule has 1 saturated heterocycles. The Morgan fingerprint density at radius 1 is 1.20 bits per heavy atom. The third-order valence-corrected chi connectivity index (χ3v) is 4.63. The minimum atomic E-state index is -0.150. The second kappa shape index (κ2) is 8.20. The van der Waals surface area contributed by atoms with E-state index < -0.39 is 0 Å². The van der Waals surface area contributed by atoms with Crippen LogP contribution in [0.15, 0.2) is 51.7 Å². The quantitative estimate of drug-likeness (QED) is 0.828. The molecule has 0 unspecified atom stereocenters. The van der Waals surface area contributed by atoms with Crippen LogP contribution < -0.4 is 10.1 Å². The Kier molecular flexibility index (Phi) is 5.75. The number of amides is 2. The first kappa shape index (κ1) is 17.5. The Bertz CT molecular complexity index is 707. The van der Waals surface area contributed by atoms with Gasteiger partial charge in [0, 0.05) is 23.6 Å². The van der Waals surface area contributed by atoms with Gasteiger partial charge in [0.15, 0.2) is 6.61 Å². The smallest absolute Gasteiger partial charge is 0.258 e. The number of hydrogen-bond donors (Lipinski definition) is 1. The van der Waals surface area contributed by atoms with Crippen LogP contribution in [0.4, 0.5) is 0 Å². The molecule has 0 spiro atoms. The van der Waals surface area contributed by atoms with Gasteiger partial charge in [-0.05, 0) is 43.2 Å². The van der Waals surface area contributed by atoms with Gasteiger partial charge in [0.05, 0.1) is 11.8 Å². The zero-order chi connectivity index (χ0) is 17.6. The van der Waals surface area contributed by atoms with E-state index in [1.807, 2.05) is 12.1 Å². The van der Waals surface area contributed by atoms with Gasteiger partial charge < -0.3 is 19.4 Å². The summed E-state index contributed by atoms with van der Waals surface area (Å²) in [5.74, 6) is 0.471. The van der Waals surface area contributed by atoms with Gasteiger partial charge in [0.25, 0.3) is 11.8 Å². The number of benzene rings is 1. The van der Waals surface area contributed by atoms with Gasteiger partial charge in [-0.25, -0.2) is 0 Å². The third kappa shape index (κ3) is 4.85. The number of nitrogens with one attached hydrogen (secondary N) is 1. The molecule has 0 radical (unpaired) electrons. The highest BCUT2D eigenvalue weighted by molar-refractivity contribution is 9.10. The molecule has 6 nitrogen and oxygen atoms in total. The maximum absolute atomic E-state index is 12.2. The third-order valence-electron chi connectivity index (χ3n) is 4.10. The fourth-order valence-corrected chi connectivity index (χ4v) is 3.01. The molecule has 3 rings (SSSR count). The number of hydrogen-bond acceptors (Lipinski definition) is 4. The number of carbonyl (C=O) groups is 2. The molecule has 1 aromatic carbocycles. The highest BCUT2D eigenvalue weighted by Crippen LogP contribution is 2.16. The van der Waals surface area contributed by atoms with Crippen molar-refractivity contribution in [3.63, 3.8) is 0 Å². The second-order valence-electron chi connectivity index (χ2n) is 5.89. The van der Waals surface area contributed by atoms with Crippen molar-refractivity contribution in [1.82, 2.24) is 10.2 Å². The summed E-state index contributed by atoms with van der Waals surface area (Å²) < 4.78 is 11.4. The topological polar surface area (TPSA) is 71.8 Å². The van der Waals surface area contributed by atoms with Crippen molar-refractivity contribution in [2.45, 2.75) is 18.9 Å². The summed E-state index contributed by atoms with van der Waals surface area (Å²) in [5.41, 5.74) is 0.561. The predicted molar refractivity (Wildman–Crippen MR) is 95.4 cm³/mol. The summed E-state index contributed by atoms with van der Waals surface area (Å²) in [6.45, 7) is 1.21. The van der Waals surface area contributed by atoms with Crippen molar-refractivity contribution < 1.29 is 18.7 Å². The summed E-state index contributed by atoms with van der Waals surface area (Å²) in [4.78, 5) is 26.0. The van der Waals surface area contributed by atoms with Crippen molar-refractivity contribution in [2.75, 3.05) is 19.7 Å². The monoisotopic (exact) mass is 406 g/mol. The molecular formula is C18H19BrN2O4. The van der Waals surface area contributed by atoms with E-state index in [1.54, 1.807) is 23.1 Å². The van der Waals surface area contributed by atoms with Crippen molar-refractivity contribution in [2.24, 2.45) is 0 Å². The largest absolute Gasteiger partial charge is 0.484 e. The lowest BCUT2D eigenvalue weighted by Gasteiger charge is -2.32. The summed E-state index contributed by atoms with van der Waals surface area (Å²) in [6.07, 6.45) is 4.41. The van der Waals surface area contributed by atoms with Crippen LogP contribution in [-0.2, 0) is 4.79 Å². The number of furan rings is 1. The Morgan fingerprint density at radius 3 is 2.56 bits per heavy atom. The van der Waals surface area contributed by atoms with Crippen LogP contribution in [0, 0.1) is 0 Å². The summed E-state index contributed by atoms with van der Waals surface area (Å²) in [7, 11) is 0. The molecule has 2 heterocycles. The lowest BCUT2D eigenvalue weighted by atomic mass is 10.0. The zero-order valence-electron chi connectivity index (χ0n) is 13.6. The molecular weight excluding hydrogens is 388 g/mol. The second-order valence-corrected chi connectivity index (χ2v) is 6.80. The van der Waals surface area contributed by atoms with E-state index in [2.05, 4.69) is 21.2 Å². The van der Waals surface area contributed by atoms with Crippen LogP contribution in [0.25, 0.3) is 0 Å². The average molecular weight is 407 g/mol. The molecule has 2 aromatic rings. The number of rotatable bonds is 5. The van der Waals surface area contributed by atoms with E-state index in [9.17, 15) is 9.59 Å². The molecule has 0 atom stereocenters. The van der Waals surface area contributed by atoms with Gasteiger partial charge in [-0.1, -0.05) is 15.9 Å². The molecule has 132 valence electrons. The van der Waals surface area contributed by atoms with Gasteiger partial charge in [0.2, 0.25) is 0 Å². The first-order valence-electron chi connectivity index (χ1n) is 8.11. The Hall–Kier alpha value is -2.28. The van der Waals surface area contributed by atoms with E-state index in [-0.39, 0.29) is 24.5 Å².